The van der Waals surface area contributed by atoms with Gasteiger partial charge < -0.3 is 9.47 Å². The second-order valence-electron chi connectivity index (χ2n) is 5.24. The van der Waals surface area contributed by atoms with Crippen LogP contribution >= 0.6 is 31.9 Å². The van der Waals surface area contributed by atoms with Crippen molar-refractivity contribution < 1.29 is 9.47 Å². The Morgan fingerprint density at radius 1 is 0.600 bits per heavy atom. The van der Waals surface area contributed by atoms with Gasteiger partial charge in [-0.1, -0.05) is 38.5 Å². The quantitative estimate of drug-likeness (QED) is 0.518. The first-order valence-electron chi connectivity index (χ1n) is 7.52. The largest absolute Gasteiger partial charge is 0.492 e. The molecule has 0 aromatic heterocycles. The molecule has 20 heavy (non-hydrogen) atoms. The minimum absolute atomic E-state index is 0.783. The van der Waals surface area contributed by atoms with Crippen LogP contribution in [0.3, 0.4) is 0 Å². The van der Waals surface area contributed by atoms with Crippen molar-refractivity contribution in [1.29, 1.82) is 0 Å². The highest BCUT2D eigenvalue weighted by molar-refractivity contribution is 9.11. The van der Waals surface area contributed by atoms with Gasteiger partial charge in [-0.05, 0) is 56.8 Å². The van der Waals surface area contributed by atoms with E-state index in [4.69, 9.17) is 9.47 Å². The van der Waals surface area contributed by atoms with Gasteiger partial charge in [0.15, 0.2) is 0 Å². The van der Waals surface area contributed by atoms with Gasteiger partial charge >= 0.3 is 0 Å². The maximum Gasteiger partial charge on any atom is 0.134 e. The Bertz CT molecular complexity index is 381. The average molecular weight is 406 g/mol. The van der Waals surface area contributed by atoms with Crippen LogP contribution in [0.4, 0.5) is 0 Å². The molecule has 0 atom stereocenters. The molecule has 2 aliphatic heterocycles. The molecule has 2 nitrogen and oxygen atoms in total. The third kappa shape index (κ3) is 5.28. The first-order chi connectivity index (χ1) is 9.77. The number of hydrogen-bond acceptors (Lipinski definition) is 2. The average Bonchev–Trinajstić information content (AvgIpc) is 2.43. The van der Waals surface area contributed by atoms with Gasteiger partial charge in [-0.15, -0.1) is 0 Å². The molecule has 3 rings (SSSR count). The van der Waals surface area contributed by atoms with Gasteiger partial charge in [0.05, 0.1) is 22.2 Å². The van der Waals surface area contributed by atoms with Crippen molar-refractivity contribution in [2.45, 2.75) is 51.4 Å². The van der Waals surface area contributed by atoms with Crippen molar-refractivity contribution in [3.05, 3.63) is 21.1 Å². The minimum atomic E-state index is 0.783. The van der Waals surface area contributed by atoms with E-state index < -0.39 is 0 Å². The summed E-state index contributed by atoms with van der Waals surface area (Å²) < 4.78 is 13.6. The molecule has 2 aliphatic rings. The molecular formula is C16H22Br2O2. The van der Waals surface area contributed by atoms with E-state index in [0.717, 1.165) is 46.5 Å². The van der Waals surface area contributed by atoms with Gasteiger partial charge in [-0.25, -0.2) is 0 Å². The van der Waals surface area contributed by atoms with Gasteiger partial charge in [0, 0.05) is 0 Å². The summed E-state index contributed by atoms with van der Waals surface area (Å²) in [5.41, 5.74) is 0. The van der Waals surface area contributed by atoms with E-state index in [2.05, 4.69) is 31.9 Å². The van der Waals surface area contributed by atoms with E-state index in [1.165, 1.54) is 38.5 Å². The van der Waals surface area contributed by atoms with Gasteiger partial charge in [0.2, 0.25) is 0 Å². The third-order valence-corrected chi connectivity index (χ3v) is 4.78. The topological polar surface area (TPSA) is 18.5 Å². The highest BCUT2D eigenvalue weighted by Gasteiger charge is 2.09. The van der Waals surface area contributed by atoms with E-state index >= 15 is 0 Å². The van der Waals surface area contributed by atoms with Crippen LogP contribution in [-0.4, -0.2) is 13.2 Å². The molecule has 0 N–H and O–H groups in total. The summed E-state index contributed by atoms with van der Waals surface area (Å²) in [6.45, 7) is 1.57. The maximum atomic E-state index is 5.84. The molecule has 0 fully saturated rings. The number of fused-ring (bicyclic) bond motifs is 13. The lowest BCUT2D eigenvalue weighted by Crippen LogP contribution is -2.01. The molecule has 0 amide bonds. The van der Waals surface area contributed by atoms with Crippen LogP contribution in [0.5, 0.6) is 11.5 Å². The summed E-state index contributed by atoms with van der Waals surface area (Å²) in [6, 6.07) is 3.98. The van der Waals surface area contributed by atoms with Crippen LogP contribution in [0.2, 0.25) is 0 Å². The molecule has 2 heterocycles. The molecule has 0 spiro atoms. The zero-order chi connectivity index (χ0) is 14.2. The van der Waals surface area contributed by atoms with Crippen molar-refractivity contribution in [1.82, 2.24) is 0 Å². The van der Waals surface area contributed by atoms with E-state index in [0.29, 0.717) is 0 Å². The van der Waals surface area contributed by atoms with Crippen LogP contribution in [0.25, 0.3) is 0 Å². The zero-order valence-electron chi connectivity index (χ0n) is 11.8. The summed E-state index contributed by atoms with van der Waals surface area (Å²) in [4.78, 5) is 0. The first kappa shape index (κ1) is 16.2. The predicted molar refractivity (Wildman–Crippen MR) is 89.8 cm³/mol. The fraction of sp³-hybridized carbons (Fsp3) is 0.625. The van der Waals surface area contributed by atoms with Crippen molar-refractivity contribution >= 4 is 31.9 Å². The normalized spacial score (nSPS) is 18.3. The Hall–Kier alpha value is -0.220. The molecule has 112 valence electrons. The standard InChI is InChI=1S/C16H22Br2O2/c17-13-12-16-14(18)11-15(13)19-9-7-5-3-1-2-4-6-8-10-20-16/h11-12H,1-10H2. The molecule has 1 aromatic carbocycles. The van der Waals surface area contributed by atoms with Gasteiger partial charge in [-0.3, -0.25) is 0 Å². The molecule has 0 unspecified atom stereocenters. The Balaban J connectivity index is 2.02. The molecule has 1 aromatic rings. The molecule has 0 radical (unpaired) electrons. The summed E-state index contributed by atoms with van der Waals surface area (Å²) in [5.74, 6) is 1.77. The number of halogens is 2. The van der Waals surface area contributed by atoms with E-state index in [9.17, 15) is 0 Å². The van der Waals surface area contributed by atoms with Gasteiger partial charge in [0.1, 0.15) is 11.5 Å². The van der Waals surface area contributed by atoms with Crippen LogP contribution in [0.15, 0.2) is 21.1 Å². The summed E-state index contributed by atoms with van der Waals surface area (Å²) in [7, 11) is 0. The smallest absolute Gasteiger partial charge is 0.134 e. The molecule has 0 saturated carbocycles. The van der Waals surface area contributed by atoms with Crippen molar-refractivity contribution in [3.8, 4) is 11.5 Å². The van der Waals surface area contributed by atoms with Gasteiger partial charge in [-0.2, -0.15) is 0 Å². The van der Waals surface area contributed by atoms with Crippen molar-refractivity contribution in [2.24, 2.45) is 0 Å². The summed E-state index contributed by atoms with van der Waals surface area (Å²) in [5, 5.41) is 0. The molecule has 4 heteroatoms. The third-order valence-electron chi connectivity index (χ3n) is 3.54. The molecule has 0 aliphatic carbocycles. The summed E-state index contributed by atoms with van der Waals surface area (Å²) in [6.07, 6.45) is 10.1. The predicted octanol–water partition coefficient (Wildman–Crippen LogP) is 6.10. The van der Waals surface area contributed by atoms with Crippen molar-refractivity contribution in [3.63, 3.8) is 0 Å². The lowest BCUT2D eigenvalue weighted by atomic mass is 10.1. The Morgan fingerprint density at radius 2 is 0.950 bits per heavy atom. The van der Waals surface area contributed by atoms with E-state index in [1.807, 2.05) is 12.1 Å². The lowest BCUT2D eigenvalue weighted by Gasteiger charge is -2.13. The van der Waals surface area contributed by atoms with Crippen LogP contribution in [0.1, 0.15) is 51.4 Å². The summed E-state index contributed by atoms with van der Waals surface area (Å²) >= 11 is 7.12. The second-order valence-corrected chi connectivity index (χ2v) is 6.95. The lowest BCUT2D eigenvalue weighted by molar-refractivity contribution is 0.290. The highest BCUT2D eigenvalue weighted by Crippen LogP contribution is 2.36. The molecule has 2 bridgehead atoms. The van der Waals surface area contributed by atoms with Crippen LogP contribution in [-0.2, 0) is 0 Å². The van der Waals surface area contributed by atoms with E-state index in [1.54, 1.807) is 0 Å². The Labute approximate surface area is 138 Å². The van der Waals surface area contributed by atoms with Crippen molar-refractivity contribution in [2.75, 3.05) is 13.2 Å². The fourth-order valence-corrected chi connectivity index (χ4v) is 3.23. The number of rotatable bonds is 0. The Morgan fingerprint density at radius 3 is 1.35 bits per heavy atom. The SMILES string of the molecule is Brc1cc2c(Br)cc1OCCCCCCCCCCO2. The molecule has 0 saturated heterocycles. The molecular weight excluding hydrogens is 384 g/mol. The fourth-order valence-electron chi connectivity index (χ4n) is 2.36. The maximum absolute atomic E-state index is 5.84. The van der Waals surface area contributed by atoms with E-state index in [-0.39, 0.29) is 0 Å². The van der Waals surface area contributed by atoms with Crippen LogP contribution in [0, 0.1) is 0 Å². The zero-order valence-corrected chi connectivity index (χ0v) is 15.0. The number of ether oxygens (including phenoxy) is 2. The number of hydrogen-bond donors (Lipinski definition) is 0. The van der Waals surface area contributed by atoms with Gasteiger partial charge in [0.25, 0.3) is 0 Å². The second kappa shape index (κ2) is 8.93. The van der Waals surface area contributed by atoms with Crippen LogP contribution < -0.4 is 9.47 Å². The highest BCUT2D eigenvalue weighted by atomic mass is 79.9. The number of benzene rings is 1. The Kier molecular flexibility index (Phi) is 7.22. The monoisotopic (exact) mass is 404 g/mol. The first-order valence-corrected chi connectivity index (χ1v) is 9.10. The minimum Gasteiger partial charge on any atom is -0.492 e.